The number of methoxy groups -OCH3 is 4. The fourth-order valence-electron chi connectivity index (χ4n) is 2.80. The molecule has 2 aromatic carbocycles. The lowest BCUT2D eigenvalue weighted by Gasteiger charge is -2.14. The third-order valence-corrected chi connectivity index (χ3v) is 4.06. The lowest BCUT2D eigenvalue weighted by molar-refractivity contribution is 0.324. The van der Waals surface area contributed by atoms with Gasteiger partial charge in [0.15, 0.2) is 11.5 Å². The maximum atomic E-state index is 5.69. The highest BCUT2D eigenvalue weighted by Gasteiger charge is 2.20. The minimum atomic E-state index is 0.487. The predicted octanol–water partition coefficient (Wildman–Crippen LogP) is 2.31. The Balaban J connectivity index is 2.16. The number of benzene rings is 2. The molecule has 0 spiro atoms. The summed E-state index contributed by atoms with van der Waals surface area (Å²) in [5, 5.41) is 12.2. The highest BCUT2D eigenvalue weighted by atomic mass is 16.5. The maximum absolute atomic E-state index is 5.69. The molecule has 0 bridgehead atoms. The molecule has 3 N–H and O–H groups in total. The van der Waals surface area contributed by atoms with Gasteiger partial charge in [0.2, 0.25) is 5.75 Å². The molecule has 8 nitrogen and oxygen atoms in total. The minimum Gasteiger partial charge on any atom is -0.497 e. The Morgan fingerprint density at radius 2 is 1.65 bits per heavy atom. The second kappa shape index (κ2) is 7.22. The Bertz CT molecular complexity index is 940. The van der Waals surface area contributed by atoms with Gasteiger partial charge in [-0.3, -0.25) is 5.10 Å². The lowest BCUT2D eigenvalue weighted by Crippen LogP contribution is -2.09. The van der Waals surface area contributed by atoms with E-state index in [1.54, 1.807) is 40.6 Å². The van der Waals surface area contributed by atoms with Crippen LogP contribution < -0.4 is 24.8 Å². The number of nitrogens with two attached hydrogens (primary N) is 1. The van der Waals surface area contributed by atoms with Crippen molar-refractivity contribution in [1.82, 2.24) is 10.2 Å². The van der Waals surface area contributed by atoms with Crippen LogP contribution in [0.25, 0.3) is 10.9 Å². The summed E-state index contributed by atoms with van der Waals surface area (Å²) in [6.45, 7) is 0. The number of fused-ring (bicyclic) bond motifs is 1. The minimum absolute atomic E-state index is 0.487. The van der Waals surface area contributed by atoms with Crippen LogP contribution in [0.1, 0.15) is 11.3 Å². The van der Waals surface area contributed by atoms with Crippen molar-refractivity contribution in [2.24, 2.45) is 10.9 Å². The average molecular weight is 356 g/mol. The summed E-state index contributed by atoms with van der Waals surface area (Å²) in [5.74, 6) is 7.92. The SMILES string of the molecule is COc1ccc2c(/C(=N\N)c3cc(OC)c(OC)c(OC)c3)n[nH]c2c1. The molecular weight excluding hydrogens is 336 g/mol. The van der Waals surface area contributed by atoms with Crippen molar-refractivity contribution in [3.8, 4) is 23.0 Å². The molecule has 8 heteroatoms. The van der Waals surface area contributed by atoms with Crippen molar-refractivity contribution < 1.29 is 18.9 Å². The molecule has 0 amide bonds. The Kier molecular flexibility index (Phi) is 4.83. The van der Waals surface area contributed by atoms with E-state index in [1.165, 1.54) is 0 Å². The zero-order valence-electron chi connectivity index (χ0n) is 15.0. The zero-order chi connectivity index (χ0) is 18.7. The van der Waals surface area contributed by atoms with Crippen molar-refractivity contribution in [3.63, 3.8) is 0 Å². The summed E-state index contributed by atoms with van der Waals surface area (Å²) in [6.07, 6.45) is 0. The summed E-state index contributed by atoms with van der Waals surface area (Å²) >= 11 is 0. The number of aromatic amines is 1. The van der Waals surface area contributed by atoms with Gasteiger partial charge in [-0.2, -0.15) is 10.2 Å². The number of nitrogens with zero attached hydrogens (tertiary/aromatic N) is 2. The Morgan fingerprint density at radius 3 is 2.19 bits per heavy atom. The Morgan fingerprint density at radius 1 is 0.962 bits per heavy atom. The second-order valence-electron chi connectivity index (χ2n) is 5.38. The van der Waals surface area contributed by atoms with E-state index < -0.39 is 0 Å². The molecule has 1 heterocycles. The highest BCUT2D eigenvalue weighted by Crippen LogP contribution is 2.39. The van der Waals surface area contributed by atoms with Gasteiger partial charge in [0.25, 0.3) is 0 Å². The van der Waals surface area contributed by atoms with Gasteiger partial charge in [0.05, 0.1) is 34.0 Å². The van der Waals surface area contributed by atoms with Crippen LogP contribution in [0, 0.1) is 0 Å². The van der Waals surface area contributed by atoms with Crippen LogP contribution in [-0.2, 0) is 0 Å². The van der Waals surface area contributed by atoms with Crippen LogP contribution in [0.15, 0.2) is 35.4 Å². The number of rotatable bonds is 6. The molecule has 0 atom stereocenters. The average Bonchev–Trinajstić information content (AvgIpc) is 3.10. The number of hydrogen-bond acceptors (Lipinski definition) is 7. The molecule has 1 aromatic heterocycles. The number of aromatic nitrogens is 2. The Labute approximate surface area is 150 Å². The predicted molar refractivity (Wildman–Crippen MR) is 98.6 cm³/mol. The van der Waals surface area contributed by atoms with E-state index in [9.17, 15) is 0 Å². The molecule has 0 saturated carbocycles. The summed E-state index contributed by atoms with van der Waals surface area (Å²) in [4.78, 5) is 0. The molecule has 0 aliphatic carbocycles. The van der Waals surface area contributed by atoms with E-state index in [1.807, 2.05) is 18.2 Å². The van der Waals surface area contributed by atoms with Gasteiger partial charge >= 0.3 is 0 Å². The smallest absolute Gasteiger partial charge is 0.203 e. The van der Waals surface area contributed by atoms with E-state index >= 15 is 0 Å². The molecule has 26 heavy (non-hydrogen) atoms. The van der Waals surface area contributed by atoms with E-state index in [4.69, 9.17) is 24.8 Å². The summed E-state index contributed by atoms with van der Waals surface area (Å²) in [7, 11) is 6.26. The molecular formula is C18H20N4O4. The van der Waals surface area contributed by atoms with Crippen molar-refractivity contribution in [2.75, 3.05) is 28.4 Å². The first kappa shape index (κ1) is 17.4. The van der Waals surface area contributed by atoms with Gasteiger partial charge in [0.1, 0.15) is 17.2 Å². The van der Waals surface area contributed by atoms with Gasteiger partial charge in [-0.05, 0) is 24.3 Å². The third-order valence-electron chi connectivity index (χ3n) is 4.06. The number of hydrogen-bond donors (Lipinski definition) is 2. The largest absolute Gasteiger partial charge is 0.497 e. The van der Waals surface area contributed by atoms with Crippen molar-refractivity contribution in [2.45, 2.75) is 0 Å². The van der Waals surface area contributed by atoms with Crippen LogP contribution in [0.3, 0.4) is 0 Å². The highest BCUT2D eigenvalue weighted by molar-refractivity contribution is 6.18. The number of ether oxygens (including phenoxy) is 4. The van der Waals surface area contributed by atoms with Crippen molar-refractivity contribution in [3.05, 3.63) is 41.6 Å². The fourth-order valence-corrected chi connectivity index (χ4v) is 2.80. The van der Waals surface area contributed by atoms with Gasteiger partial charge < -0.3 is 24.8 Å². The molecule has 0 aliphatic rings. The van der Waals surface area contributed by atoms with E-state index in [0.717, 1.165) is 16.7 Å². The fraction of sp³-hybridized carbons (Fsp3) is 0.222. The number of nitrogens with one attached hydrogen (secondary N) is 1. The topological polar surface area (TPSA) is 104 Å². The molecule has 0 aliphatic heterocycles. The summed E-state index contributed by atoms with van der Waals surface area (Å²) < 4.78 is 21.4. The first-order valence-corrected chi connectivity index (χ1v) is 7.77. The van der Waals surface area contributed by atoms with Crippen LogP contribution in [0.2, 0.25) is 0 Å². The van der Waals surface area contributed by atoms with Gasteiger partial charge in [0, 0.05) is 17.0 Å². The van der Waals surface area contributed by atoms with Gasteiger partial charge in [-0.1, -0.05) is 0 Å². The van der Waals surface area contributed by atoms with E-state index in [0.29, 0.717) is 34.2 Å². The van der Waals surface area contributed by atoms with Crippen LogP contribution in [0.4, 0.5) is 0 Å². The van der Waals surface area contributed by atoms with Crippen molar-refractivity contribution >= 4 is 16.6 Å². The monoisotopic (exact) mass is 356 g/mol. The van der Waals surface area contributed by atoms with Crippen molar-refractivity contribution in [1.29, 1.82) is 0 Å². The van der Waals surface area contributed by atoms with E-state index in [-0.39, 0.29) is 0 Å². The van der Waals surface area contributed by atoms with Crippen LogP contribution >= 0.6 is 0 Å². The second-order valence-corrected chi connectivity index (χ2v) is 5.38. The molecule has 3 aromatic rings. The van der Waals surface area contributed by atoms with E-state index in [2.05, 4.69) is 15.3 Å². The standard InChI is InChI=1S/C18H20N4O4/c1-23-11-5-6-12-13(9-11)21-22-17(12)16(20-19)10-7-14(24-2)18(26-4)15(8-10)25-3/h5-9H,19H2,1-4H3,(H,21,22)/b20-16-. The molecule has 3 rings (SSSR count). The normalized spacial score (nSPS) is 11.5. The zero-order valence-corrected chi connectivity index (χ0v) is 15.0. The van der Waals surface area contributed by atoms with Crippen LogP contribution in [-0.4, -0.2) is 44.3 Å². The first-order chi connectivity index (χ1) is 12.7. The lowest BCUT2D eigenvalue weighted by atomic mass is 10.0. The van der Waals surface area contributed by atoms with Gasteiger partial charge in [-0.25, -0.2) is 0 Å². The third kappa shape index (κ3) is 2.85. The molecule has 0 saturated heterocycles. The van der Waals surface area contributed by atoms with Crippen LogP contribution in [0.5, 0.6) is 23.0 Å². The maximum Gasteiger partial charge on any atom is 0.203 e. The molecule has 0 radical (unpaired) electrons. The summed E-state index contributed by atoms with van der Waals surface area (Å²) in [5.41, 5.74) is 2.60. The Hall–Kier alpha value is -3.42. The molecule has 136 valence electrons. The quantitative estimate of drug-likeness (QED) is 0.399. The number of H-pyrrole nitrogens is 1. The summed E-state index contributed by atoms with van der Waals surface area (Å²) in [6, 6.07) is 9.16. The number of hydrazone groups is 1. The molecule has 0 fully saturated rings. The molecule has 0 unspecified atom stereocenters. The first-order valence-electron chi connectivity index (χ1n) is 7.77. The van der Waals surface area contributed by atoms with Gasteiger partial charge in [-0.15, -0.1) is 0 Å².